The van der Waals surface area contributed by atoms with Crippen molar-refractivity contribution in [2.45, 2.75) is 40.0 Å². The van der Waals surface area contributed by atoms with Crippen LogP contribution >= 0.6 is 0 Å². The van der Waals surface area contributed by atoms with Crippen LogP contribution in [0.25, 0.3) is 0 Å². The molecule has 0 aliphatic heterocycles. The lowest BCUT2D eigenvalue weighted by Crippen LogP contribution is -2.19. The van der Waals surface area contributed by atoms with E-state index < -0.39 is 10.4 Å². The molecule has 0 fully saturated rings. The third kappa shape index (κ3) is 26.3. The SMILES string of the molecule is CCCCCON(O)CC.CCO.COS(=O)(=O)OC. The van der Waals surface area contributed by atoms with Crippen LogP contribution in [0.1, 0.15) is 40.0 Å². The summed E-state index contributed by atoms with van der Waals surface area (Å²) in [5, 5.41) is 17.2. The van der Waals surface area contributed by atoms with E-state index in [0.717, 1.165) is 32.3 Å². The average molecular weight is 319 g/mol. The van der Waals surface area contributed by atoms with Crippen LogP contribution in [-0.2, 0) is 23.6 Å². The minimum absolute atomic E-state index is 0.250. The fourth-order valence-corrected chi connectivity index (χ4v) is 0.817. The van der Waals surface area contributed by atoms with Crippen molar-refractivity contribution in [3.8, 4) is 0 Å². The summed E-state index contributed by atoms with van der Waals surface area (Å²) in [6.07, 6.45) is 3.37. The molecule has 0 heterocycles. The summed E-state index contributed by atoms with van der Waals surface area (Å²) < 4.78 is 27.5. The molecule has 0 aromatic rings. The Bertz CT molecular complexity index is 249. The second-order valence-corrected chi connectivity index (χ2v) is 4.75. The summed E-state index contributed by atoms with van der Waals surface area (Å²) in [6, 6.07) is 0. The first-order valence-corrected chi connectivity index (χ1v) is 7.74. The molecule has 20 heavy (non-hydrogen) atoms. The summed E-state index contributed by atoms with van der Waals surface area (Å²) in [4.78, 5) is 4.88. The zero-order chi connectivity index (χ0) is 16.4. The largest absolute Gasteiger partial charge is 0.399 e. The van der Waals surface area contributed by atoms with E-state index in [1.807, 2.05) is 6.92 Å². The van der Waals surface area contributed by atoms with E-state index in [1.54, 1.807) is 6.92 Å². The van der Waals surface area contributed by atoms with Gasteiger partial charge in [0.15, 0.2) is 0 Å². The molecule has 0 amide bonds. The highest BCUT2D eigenvalue weighted by molar-refractivity contribution is 7.81. The standard InChI is InChI=1S/C7H17NO2.C2H6O4S.C2H6O/c1-3-5-6-7-10-8(9)4-2;1-5-7(3,4)6-2;1-2-3/h9H,3-7H2,1-2H3;1-2H3;3H,2H2,1H3. The van der Waals surface area contributed by atoms with E-state index in [1.165, 1.54) is 6.42 Å². The molecule has 0 aromatic carbocycles. The second kappa shape index (κ2) is 18.7. The Morgan fingerprint density at radius 3 is 1.75 bits per heavy atom. The highest BCUT2D eigenvalue weighted by Gasteiger charge is 2.01. The number of unbranched alkanes of at least 4 members (excludes halogenated alkanes) is 2. The normalized spacial score (nSPS) is 10.4. The van der Waals surface area contributed by atoms with Crippen LogP contribution in [0.4, 0.5) is 0 Å². The first-order chi connectivity index (χ1) is 9.34. The molecule has 2 N–H and O–H groups in total. The summed E-state index contributed by atoms with van der Waals surface area (Å²) in [5.74, 6) is 0. The highest BCUT2D eigenvalue weighted by Crippen LogP contribution is 1.94. The van der Waals surface area contributed by atoms with Gasteiger partial charge in [0.25, 0.3) is 0 Å². The van der Waals surface area contributed by atoms with Crippen LogP contribution in [0.15, 0.2) is 0 Å². The van der Waals surface area contributed by atoms with Crippen LogP contribution in [0, 0.1) is 0 Å². The van der Waals surface area contributed by atoms with Gasteiger partial charge in [-0.25, -0.2) is 0 Å². The molecule has 0 aliphatic carbocycles. The van der Waals surface area contributed by atoms with Gasteiger partial charge in [0, 0.05) is 13.2 Å². The van der Waals surface area contributed by atoms with Gasteiger partial charge in [-0.1, -0.05) is 25.0 Å². The Balaban J connectivity index is -0.000000251. The van der Waals surface area contributed by atoms with Crippen molar-refractivity contribution >= 4 is 10.4 Å². The number of rotatable bonds is 8. The number of aliphatic hydroxyl groups excluding tert-OH is 1. The Kier molecular flexibility index (Phi) is 23.1. The lowest BCUT2D eigenvalue weighted by Gasteiger charge is -2.10. The maximum Gasteiger partial charge on any atom is 0.399 e. The number of hydroxylamine groups is 2. The molecular weight excluding hydrogens is 290 g/mol. The zero-order valence-electron chi connectivity index (χ0n) is 13.0. The Morgan fingerprint density at radius 1 is 1.05 bits per heavy atom. The molecule has 0 bridgehead atoms. The lowest BCUT2D eigenvalue weighted by atomic mass is 10.3. The lowest BCUT2D eigenvalue weighted by molar-refractivity contribution is -0.337. The van der Waals surface area contributed by atoms with Gasteiger partial charge in [-0.05, 0) is 20.3 Å². The molecule has 8 nitrogen and oxygen atoms in total. The van der Waals surface area contributed by atoms with E-state index in [4.69, 9.17) is 15.2 Å². The molecular formula is C11H29NO7S. The topological polar surface area (TPSA) is 106 Å². The third-order valence-corrected chi connectivity index (χ3v) is 2.48. The molecule has 126 valence electrons. The second-order valence-electron chi connectivity index (χ2n) is 3.27. The van der Waals surface area contributed by atoms with Crippen LogP contribution in [0.5, 0.6) is 0 Å². The number of hydrogen-bond acceptors (Lipinski definition) is 8. The quantitative estimate of drug-likeness (QED) is 0.510. The van der Waals surface area contributed by atoms with Crippen molar-refractivity contribution < 1.29 is 31.9 Å². The third-order valence-electron chi connectivity index (χ3n) is 1.67. The highest BCUT2D eigenvalue weighted by atomic mass is 32.3. The zero-order valence-corrected chi connectivity index (χ0v) is 13.9. The fraction of sp³-hybridized carbons (Fsp3) is 1.00. The molecule has 0 atom stereocenters. The average Bonchev–Trinajstić information content (AvgIpc) is 2.45. The smallest absolute Gasteiger partial charge is 0.397 e. The van der Waals surface area contributed by atoms with Crippen molar-refractivity contribution in [1.82, 2.24) is 5.23 Å². The summed E-state index contributed by atoms with van der Waals surface area (Å²) in [6.45, 7) is 7.04. The predicted molar refractivity (Wildman–Crippen MR) is 75.3 cm³/mol. The first kappa shape index (κ1) is 24.7. The predicted octanol–water partition coefficient (Wildman–Crippen LogP) is 1.34. The Hall–Kier alpha value is -0.290. The molecule has 0 radical (unpaired) electrons. The van der Waals surface area contributed by atoms with E-state index in [-0.39, 0.29) is 6.61 Å². The van der Waals surface area contributed by atoms with Crippen molar-refractivity contribution in [3.05, 3.63) is 0 Å². The van der Waals surface area contributed by atoms with E-state index in [2.05, 4.69) is 15.3 Å². The first-order valence-electron chi connectivity index (χ1n) is 6.41. The van der Waals surface area contributed by atoms with Gasteiger partial charge in [0.05, 0.1) is 20.8 Å². The molecule has 0 aromatic heterocycles. The Morgan fingerprint density at radius 2 is 1.50 bits per heavy atom. The van der Waals surface area contributed by atoms with E-state index in [0.29, 0.717) is 13.2 Å². The van der Waals surface area contributed by atoms with Gasteiger partial charge in [-0.15, -0.1) is 0 Å². The number of aliphatic hydroxyl groups is 1. The maximum absolute atomic E-state index is 9.92. The maximum atomic E-state index is 9.92. The monoisotopic (exact) mass is 319 g/mol. The van der Waals surface area contributed by atoms with Gasteiger partial charge < -0.3 is 5.11 Å². The van der Waals surface area contributed by atoms with Gasteiger partial charge in [-0.2, -0.15) is 8.42 Å². The minimum atomic E-state index is -3.66. The summed E-state index contributed by atoms with van der Waals surface area (Å²) in [7, 11) is -1.60. The van der Waals surface area contributed by atoms with Crippen LogP contribution in [0.2, 0.25) is 0 Å². The number of hydrogen-bond donors (Lipinski definition) is 2. The summed E-state index contributed by atoms with van der Waals surface area (Å²) in [5.41, 5.74) is 0. The van der Waals surface area contributed by atoms with Crippen molar-refractivity contribution in [2.24, 2.45) is 0 Å². The van der Waals surface area contributed by atoms with Crippen LogP contribution < -0.4 is 0 Å². The molecule has 0 rings (SSSR count). The molecule has 0 aliphatic rings. The van der Waals surface area contributed by atoms with Crippen LogP contribution in [-0.4, -0.2) is 57.9 Å². The molecule has 9 heteroatoms. The fourth-order valence-electron chi connectivity index (χ4n) is 0.681. The van der Waals surface area contributed by atoms with Crippen molar-refractivity contribution in [2.75, 3.05) is 34.0 Å². The van der Waals surface area contributed by atoms with Gasteiger partial charge in [0.1, 0.15) is 0 Å². The van der Waals surface area contributed by atoms with Gasteiger partial charge in [-0.3, -0.25) is 18.4 Å². The van der Waals surface area contributed by atoms with Gasteiger partial charge >= 0.3 is 10.4 Å². The van der Waals surface area contributed by atoms with Crippen molar-refractivity contribution in [1.29, 1.82) is 0 Å². The minimum Gasteiger partial charge on any atom is -0.397 e. The van der Waals surface area contributed by atoms with E-state index >= 15 is 0 Å². The molecule has 0 unspecified atom stereocenters. The van der Waals surface area contributed by atoms with Gasteiger partial charge in [0.2, 0.25) is 0 Å². The Labute approximate surface area is 122 Å². The van der Waals surface area contributed by atoms with Crippen LogP contribution in [0.3, 0.4) is 0 Å². The summed E-state index contributed by atoms with van der Waals surface area (Å²) >= 11 is 0. The molecule has 0 spiro atoms. The molecule has 0 saturated carbocycles. The van der Waals surface area contributed by atoms with E-state index in [9.17, 15) is 8.42 Å². The number of nitrogens with zero attached hydrogens (tertiary/aromatic N) is 1. The van der Waals surface area contributed by atoms with Crippen molar-refractivity contribution in [3.63, 3.8) is 0 Å². The molecule has 0 saturated heterocycles.